The van der Waals surface area contributed by atoms with Crippen molar-refractivity contribution in [2.75, 3.05) is 33.2 Å². The van der Waals surface area contributed by atoms with Crippen molar-refractivity contribution in [3.05, 3.63) is 16.1 Å². The second-order valence-electron chi connectivity index (χ2n) is 7.74. The van der Waals surface area contributed by atoms with Gasteiger partial charge in [0.2, 0.25) is 0 Å². The number of aliphatic imine (C=N–C) groups is 1. The van der Waals surface area contributed by atoms with Crippen molar-refractivity contribution in [1.82, 2.24) is 20.5 Å². The van der Waals surface area contributed by atoms with Gasteiger partial charge in [-0.3, -0.25) is 9.89 Å². The normalized spacial score (nSPS) is 17.1. The maximum absolute atomic E-state index is 12.4. The first-order chi connectivity index (χ1) is 12.3. The minimum atomic E-state index is -2.25. The lowest BCUT2D eigenvalue weighted by molar-refractivity contribution is 0.0744. The van der Waals surface area contributed by atoms with Crippen LogP contribution in [0.4, 0.5) is 8.78 Å². The minimum absolute atomic E-state index is 0. The molecule has 27 heavy (non-hydrogen) atoms. The van der Waals surface area contributed by atoms with Crippen LogP contribution in [0, 0.1) is 0 Å². The highest BCUT2D eigenvalue weighted by molar-refractivity contribution is 14.0. The Bertz CT molecular complexity index is 581. The maximum atomic E-state index is 12.4. The molecule has 1 aromatic heterocycles. The van der Waals surface area contributed by atoms with E-state index in [0.29, 0.717) is 13.1 Å². The third-order valence-corrected chi connectivity index (χ3v) is 5.41. The standard InChI is InChI=1S/C18H31F2N5S.HI/c1-18(2,3)14-12-26-16(24-14)5-8-22-17(21-4)23-13-6-9-25(10-7-13)11-15(19)20;/h12-13,15H,5-11H2,1-4H3,(H2,21,22,23);1H. The molecule has 0 bridgehead atoms. The number of nitrogens with zero attached hydrogens (tertiary/aromatic N) is 3. The molecule has 5 nitrogen and oxygen atoms in total. The monoisotopic (exact) mass is 515 g/mol. The molecule has 2 heterocycles. The quantitative estimate of drug-likeness (QED) is 0.346. The molecule has 9 heteroatoms. The van der Waals surface area contributed by atoms with Crippen molar-refractivity contribution < 1.29 is 8.78 Å². The van der Waals surface area contributed by atoms with Gasteiger partial charge in [-0.2, -0.15) is 0 Å². The molecule has 1 aromatic rings. The number of halogens is 3. The molecule has 1 fully saturated rings. The first kappa shape index (κ1) is 24.5. The van der Waals surface area contributed by atoms with Crippen molar-refractivity contribution in [2.24, 2.45) is 4.99 Å². The number of hydrogen-bond donors (Lipinski definition) is 2. The van der Waals surface area contributed by atoms with Gasteiger partial charge in [-0.25, -0.2) is 13.8 Å². The highest BCUT2D eigenvalue weighted by atomic mass is 127. The number of thiazole rings is 1. The lowest BCUT2D eigenvalue weighted by Gasteiger charge is -2.32. The predicted molar refractivity (Wildman–Crippen MR) is 120 cm³/mol. The van der Waals surface area contributed by atoms with Crippen molar-refractivity contribution in [3.63, 3.8) is 0 Å². The molecule has 2 N–H and O–H groups in total. The van der Waals surface area contributed by atoms with E-state index < -0.39 is 6.43 Å². The van der Waals surface area contributed by atoms with Crippen LogP contribution in [-0.4, -0.2) is 61.5 Å². The van der Waals surface area contributed by atoms with Gasteiger partial charge >= 0.3 is 0 Å². The summed E-state index contributed by atoms with van der Waals surface area (Å²) in [4.78, 5) is 10.8. The van der Waals surface area contributed by atoms with Crippen molar-refractivity contribution >= 4 is 41.3 Å². The van der Waals surface area contributed by atoms with Crippen molar-refractivity contribution in [3.8, 4) is 0 Å². The molecule has 0 unspecified atom stereocenters. The van der Waals surface area contributed by atoms with Crippen LogP contribution in [0.25, 0.3) is 0 Å². The van der Waals surface area contributed by atoms with Gasteiger partial charge in [-0.15, -0.1) is 35.3 Å². The topological polar surface area (TPSA) is 52.6 Å². The summed E-state index contributed by atoms with van der Waals surface area (Å²) in [5, 5.41) is 9.99. The molecular weight excluding hydrogens is 483 g/mol. The van der Waals surface area contributed by atoms with E-state index in [0.717, 1.165) is 42.5 Å². The molecular formula is C18H32F2IN5S. The summed E-state index contributed by atoms with van der Waals surface area (Å²) in [7, 11) is 1.75. The smallest absolute Gasteiger partial charge is 0.251 e. The number of nitrogens with one attached hydrogen (secondary N) is 2. The Labute approximate surface area is 182 Å². The van der Waals surface area contributed by atoms with Crippen LogP contribution in [0.2, 0.25) is 0 Å². The van der Waals surface area contributed by atoms with E-state index in [1.807, 2.05) is 4.90 Å². The zero-order chi connectivity index (χ0) is 19.2. The first-order valence-electron chi connectivity index (χ1n) is 9.20. The first-order valence-corrected chi connectivity index (χ1v) is 10.1. The number of rotatable bonds is 6. The molecule has 2 rings (SSSR count). The maximum Gasteiger partial charge on any atom is 0.251 e. The van der Waals surface area contributed by atoms with E-state index in [4.69, 9.17) is 4.98 Å². The van der Waals surface area contributed by atoms with Crippen molar-refractivity contribution in [2.45, 2.75) is 57.9 Å². The Kier molecular flexibility index (Phi) is 10.4. The van der Waals surface area contributed by atoms with Crippen LogP contribution < -0.4 is 10.6 Å². The Balaban J connectivity index is 0.00000364. The summed E-state index contributed by atoms with van der Waals surface area (Å²) in [6, 6.07) is 0.280. The van der Waals surface area contributed by atoms with E-state index >= 15 is 0 Å². The Hall–Kier alpha value is -0.550. The number of piperidine rings is 1. The fourth-order valence-electron chi connectivity index (χ4n) is 2.90. The van der Waals surface area contributed by atoms with Gasteiger partial charge in [0.25, 0.3) is 6.43 Å². The second kappa shape index (κ2) is 11.5. The molecule has 0 aliphatic carbocycles. The number of aromatic nitrogens is 1. The highest BCUT2D eigenvalue weighted by Gasteiger charge is 2.22. The van der Waals surface area contributed by atoms with E-state index in [1.54, 1.807) is 18.4 Å². The third-order valence-electron chi connectivity index (χ3n) is 4.50. The van der Waals surface area contributed by atoms with Crippen molar-refractivity contribution in [1.29, 1.82) is 0 Å². The number of alkyl halides is 2. The lowest BCUT2D eigenvalue weighted by Crippen LogP contribution is -2.49. The van der Waals surface area contributed by atoms with Gasteiger partial charge in [0, 0.05) is 49.9 Å². The van der Waals surface area contributed by atoms with Gasteiger partial charge in [0.15, 0.2) is 5.96 Å². The SMILES string of the molecule is CN=C(NCCc1nc(C(C)(C)C)cs1)NC1CCN(CC(F)F)CC1.I. The molecule has 1 saturated heterocycles. The van der Waals surface area contributed by atoms with Gasteiger partial charge in [-0.1, -0.05) is 20.8 Å². The van der Waals surface area contributed by atoms with E-state index in [9.17, 15) is 8.78 Å². The summed E-state index contributed by atoms with van der Waals surface area (Å²) in [5.74, 6) is 0.768. The Morgan fingerprint density at radius 2 is 2.04 bits per heavy atom. The third kappa shape index (κ3) is 8.55. The van der Waals surface area contributed by atoms with Crippen LogP contribution in [0.3, 0.4) is 0 Å². The fourth-order valence-corrected chi connectivity index (χ4v) is 3.93. The van der Waals surface area contributed by atoms with Crippen LogP contribution in [-0.2, 0) is 11.8 Å². The molecule has 0 atom stereocenters. The summed E-state index contributed by atoms with van der Waals surface area (Å²) >= 11 is 1.70. The fraction of sp³-hybridized carbons (Fsp3) is 0.778. The second-order valence-corrected chi connectivity index (χ2v) is 8.68. The highest BCUT2D eigenvalue weighted by Crippen LogP contribution is 2.23. The van der Waals surface area contributed by atoms with Crippen LogP contribution in [0.5, 0.6) is 0 Å². The van der Waals surface area contributed by atoms with E-state index in [-0.39, 0.29) is 42.0 Å². The molecule has 0 radical (unpaired) electrons. The lowest BCUT2D eigenvalue weighted by atomic mass is 9.93. The Morgan fingerprint density at radius 1 is 1.37 bits per heavy atom. The number of likely N-dealkylation sites (tertiary alicyclic amines) is 1. The Morgan fingerprint density at radius 3 is 2.56 bits per heavy atom. The van der Waals surface area contributed by atoms with Crippen LogP contribution in [0.15, 0.2) is 10.4 Å². The molecule has 1 aliphatic rings. The van der Waals surface area contributed by atoms with E-state index in [1.165, 1.54) is 0 Å². The zero-order valence-corrected chi connectivity index (χ0v) is 19.7. The average molecular weight is 515 g/mol. The summed E-state index contributed by atoms with van der Waals surface area (Å²) < 4.78 is 24.9. The molecule has 156 valence electrons. The molecule has 0 spiro atoms. The molecule has 0 aromatic carbocycles. The minimum Gasteiger partial charge on any atom is -0.356 e. The zero-order valence-electron chi connectivity index (χ0n) is 16.6. The molecule has 1 aliphatic heterocycles. The largest absolute Gasteiger partial charge is 0.356 e. The summed E-state index contributed by atoms with van der Waals surface area (Å²) in [6.45, 7) is 8.56. The van der Waals surface area contributed by atoms with Gasteiger partial charge < -0.3 is 10.6 Å². The van der Waals surface area contributed by atoms with Gasteiger partial charge in [0.1, 0.15) is 0 Å². The average Bonchev–Trinajstić information content (AvgIpc) is 3.04. The van der Waals surface area contributed by atoms with E-state index in [2.05, 4.69) is 41.8 Å². The number of hydrogen-bond acceptors (Lipinski definition) is 4. The molecule has 0 amide bonds. The predicted octanol–water partition coefficient (Wildman–Crippen LogP) is 3.50. The number of guanidine groups is 1. The summed E-state index contributed by atoms with van der Waals surface area (Å²) in [6.07, 6.45) is 0.316. The van der Waals surface area contributed by atoms with Gasteiger partial charge in [0.05, 0.1) is 17.2 Å². The van der Waals surface area contributed by atoms with Gasteiger partial charge in [-0.05, 0) is 12.8 Å². The summed E-state index contributed by atoms with van der Waals surface area (Å²) in [5.41, 5.74) is 1.22. The van der Waals surface area contributed by atoms with Crippen LogP contribution in [0.1, 0.15) is 44.3 Å². The molecule has 0 saturated carbocycles. The van der Waals surface area contributed by atoms with Crippen LogP contribution >= 0.6 is 35.3 Å².